The van der Waals surface area contributed by atoms with Crippen LogP contribution in [0.1, 0.15) is 0 Å². The van der Waals surface area contributed by atoms with Crippen molar-refractivity contribution in [3.63, 3.8) is 0 Å². The van der Waals surface area contributed by atoms with E-state index in [9.17, 15) is 0 Å². The number of hydrogen-bond acceptors (Lipinski definition) is 3. The molecule has 12 aromatic rings. The first-order valence-electron chi connectivity index (χ1n) is 21.4. The Balaban J connectivity index is 1.09. The second-order valence-corrected chi connectivity index (χ2v) is 16.0. The molecule has 0 saturated heterocycles. The van der Waals surface area contributed by atoms with Gasteiger partial charge in [-0.1, -0.05) is 200 Å². The second-order valence-electron chi connectivity index (χ2n) is 16.0. The molecule has 0 saturated carbocycles. The number of rotatable bonds is 7. The summed E-state index contributed by atoms with van der Waals surface area (Å²) in [7, 11) is 0. The maximum absolute atomic E-state index is 5.38. The van der Waals surface area contributed by atoms with Crippen LogP contribution in [0.2, 0.25) is 0 Å². The van der Waals surface area contributed by atoms with Crippen LogP contribution in [0.4, 0.5) is 0 Å². The molecule has 0 aliphatic carbocycles. The Labute approximate surface area is 365 Å². The molecule has 0 spiro atoms. The largest absolute Gasteiger partial charge is 0.309 e. The molecule has 4 heteroatoms. The molecule has 0 amide bonds. The molecule has 0 fully saturated rings. The Morgan fingerprint density at radius 2 is 0.683 bits per heavy atom. The normalized spacial score (nSPS) is 11.5. The zero-order valence-electron chi connectivity index (χ0n) is 34.2. The van der Waals surface area contributed by atoms with E-state index in [0.717, 1.165) is 61.2 Å². The zero-order valence-corrected chi connectivity index (χ0v) is 34.2. The minimum absolute atomic E-state index is 0.605. The summed E-state index contributed by atoms with van der Waals surface area (Å²) in [6, 6.07) is 81.8. The predicted molar refractivity (Wildman–Crippen MR) is 262 cm³/mol. The maximum Gasteiger partial charge on any atom is 0.164 e. The van der Waals surface area contributed by atoms with Gasteiger partial charge in [-0.2, -0.15) is 0 Å². The van der Waals surface area contributed by atoms with Crippen molar-refractivity contribution in [2.24, 2.45) is 0 Å². The summed E-state index contributed by atoms with van der Waals surface area (Å²) in [6.45, 7) is 0. The summed E-state index contributed by atoms with van der Waals surface area (Å²) in [6.07, 6.45) is 0. The molecule has 2 aromatic heterocycles. The Bertz CT molecular complexity index is 3600. The fraction of sp³-hybridized carbons (Fsp3) is 0. The van der Waals surface area contributed by atoms with Crippen molar-refractivity contribution >= 4 is 43.4 Å². The minimum Gasteiger partial charge on any atom is -0.309 e. The fourth-order valence-electron chi connectivity index (χ4n) is 9.28. The van der Waals surface area contributed by atoms with E-state index < -0.39 is 0 Å². The van der Waals surface area contributed by atoms with E-state index in [2.05, 4.69) is 217 Å². The van der Waals surface area contributed by atoms with Gasteiger partial charge in [-0.3, -0.25) is 0 Å². The summed E-state index contributed by atoms with van der Waals surface area (Å²) < 4.78 is 2.41. The highest BCUT2D eigenvalue weighted by Crippen LogP contribution is 2.43. The molecular weight excluding hydrogens is 765 g/mol. The van der Waals surface area contributed by atoms with Crippen LogP contribution in [-0.4, -0.2) is 19.5 Å². The summed E-state index contributed by atoms with van der Waals surface area (Å²) in [4.78, 5) is 15.9. The van der Waals surface area contributed by atoms with Crippen LogP contribution >= 0.6 is 0 Å². The zero-order chi connectivity index (χ0) is 41.7. The molecule has 12 rings (SSSR count). The number of fused-ring (bicyclic) bond motifs is 6. The standard InChI is InChI=1S/C59H38N4/c1-4-18-39(19-5-1)51-38-56(63-54-30-16-14-28-48(54)49-29-15-17-31-55(49)63)52(40-20-6-2-7-21-40)37-53(51)59-61-57(42-22-8-3-9-23-42)60-58(62-59)43-34-32-41(33-35-43)50-36-44-24-10-11-25-45(44)46-26-12-13-27-47(46)50/h1-38H. The molecule has 0 atom stereocenters. The van der Waals surface area contributed by atoms with Gasteiger partial charge >= 0.3 is 0 Å². The van der Waals surface area contributed by atoms with E-state index in [1.165, 1.54) is 37.9 Å². The van der Waals surface area contributed by atoms with E-state index in [4.69, 9.17) is 15.0 Å². The third-order valence-corrected chi connectivity index (χ3v) is 12.3. The molecule has 0 radical (unpaired) electrons. The van der Waals surface area contributed by atoms with Crippen molar-refractivity contribution in [1.29, 1.82) is 0 Å². The van der Waals surface area contributed by atoms with Crippen LogP contribution in [0.15, 0.2) is 231 Å². The van der Waals surface area contributed by atoms with Gasteiger partial charge in [0.15, 0.2) is 17.5 Å². The summed E-state index contributed by atoms with van der Waals surface area (Å²) >= 11 is 0. The van der Waals surface area contributed by atoms with Gasteiger partial charge in [0.1, 0.15) is 0 Å². The van der Waals surface area contributed by atoms with Gasteiger partial charge in [0, 0.05) is 33.0 Å². The quantitative estimate of drug-likeness (QED) is 0.151. The lowest BCUT2D eigenvalue weighted by molar-refractivity contribution is 1.07. The third kappa shape index (κ3) is 6.36. The molecule has 2 heterocycles. The van der Waals surface area contributed by atoms with Crippen LogP contribution in [0.25, 0.3) is 117 Å². The molecule has 10 aromatic carbocycles. The predicted octanol–water partition coefficient (Wildman–Crippen LogP) is 15.3. The maximum atomic E-state index is 5.38. The molecule has 4 nitrogen and oxygen atoms in total. The van der Waals surface area contributed by atoms with Gasteiger partial charge < -0.3 is 4.57 Å². The molecule has 0 aliphatic heterocycles. The first-order valence-corrected chi connectivity index (χ1v) is 21.4. The van der Waals surface area contributed by atoms with Gasteiger partial charge in [-0.25, -0.2) is 15.0 Å². The molecule has 294 valence electrons. The Morgan fingerprint density at radius 3 is 1.30 bits per heavy atom. The highest BCUT2D eigenvalue weighted by molar-refractivity contribution is 6.14. The molecule has 0 unspecified atom stereocenters. The van der Waals surface area contributed by atoms with Crippen LogP contribution in [0.3, 0.4) is 0 Å². The Kier molecular flexibility index (Phi) is 8.79. The second kappa shape index (κ2) is 15.2. The van der Waals surface area contributed by atoms with Crippen molar-refractivity contribution in [2.45, 2.75) is 0 Å². The van der Waals surface area contributed by atoms with Gasteiger partial charge in [0.25, 0.3) is 0 Å². The van der Waals surface area contributed by atoms with Crippen molar-refractivity contribution < 1.29 is 0 Å². The topological polar surface area (TPSA) is 43.6 Å². The van der Waals surface area contributed by atoms with E-state index >= 15 is 0 Å². The lowest BCUT2D eigenvalue weighted by atomic mass is 9.92. The Morgan fingerprint density at radius 1 is 0.254 bits per heavy atom. The first kappa shape index (κ1) is 36.4. The number of para-hydroxylation sites is 2. The molecular formula is C59H38N4. The Hall–Kier alpha value is -8.47. The average molecular weight is 803 g/mol. The minimum atomic E-state index is 0.605. The van der Waals surface area contributed by atoms with Crippen molar-refractivity contribution in [2.75, 3.05) is 0 Å². The number of nitrogens with zero attached hydrogens (tertiary/aromatic N) is 4. The third-order valence-electron chi connectivity index (χ3n) is 12.3. The average Bonchev–Trinajstić information content (AvgIpc) is 3.70. The molecule has 0 bridgehead atoms. The number of benzene rings is 10. The highest BCUT2D eigenvalue weighted by Gasteiger charge is 2.22. The van der Waals surface area contributed by atoms with Crippen LogP contribution in [-0.2, 0) is 0 Å². The summed E-state index contributed by atoms with van der Waals surface area (Å²) in [5.74, 6) is 1.83. The van der Waals surface area contributed by atoms with E-state index in [1.807, 2.05) is 18.2 Å². The summed E-state index contributed by atoms with van der Waals surface area (Å²) in [5.41, 5.74) is 12.7. The van der Waals surface area contributed by atoms with Crippen LogP contribution in [0.5, 0.6) is 0 Å². The van der Waals surface area contributed by atoms with Crippen molar-refractivity contribution in [3.05, 3.63) is 231 Å². The van der Waals surface area contributed by atoms with Crippen molar-refractivity contribution in [3.8, 4) is 73.2 Å². The number of hydrogen-bond donors (Lipinski definition) is 0. The van der Waals surface area contributed by atoms with Crippen molar-refractivity contribution in [1.82, 2.24) is 19.5 Å². The van der Waals surface area contributed by atoms with Crippen LogP contribution in [0, 0.1) is 0 Å². The van der Waals surface area contributed by atoms with Gasteiger partial charge in [-0.15, -0.1) is 0 Å². The van der Waals surface area contributed by atoms with Gasteiger partial charge in [-0.05, 0) is 79.7 Å². The monoisotopic (exact) mass is 802 g/mol. The molecule has 63 heavy (non-hydrogen) atoms. The SMILES string of the molecule is c1ccc(-c2nc(-c3ccc(-c4cc5ccccc5c5ccccc45)cc3)nc(-c3cc(-c4ccccc4)c(-n4c5ccccc5c5ccccc54)cc3-c3ccccc3)n2)cc1. The first-order chi connectivity index (χ1) is 31.2. The lowest BCUT2D eigenvalue weighted by Crippen LogP contribution is -2.04. The van der Waals surface area contributed by atoms with Crippen LogP contribution < -0.4 is 0 Å². The fourth-order valence-corrected chi connectivity index (χ4v) is 9.28. The highest BCUT2D eigenvalue weighted by atomic mass is 15.0. The smallest absolute Gasteiger partial charge is 0.164 e. The van der Waals surface area contributed by atoms with E-state index in [-0.39, 0.29) is 0 Å². The summed E-state index contributed by atoms with van der Waals surface area (Å²) in [5, 5.41) is 7.38. The van der Waals surface area contributed by atoms with Gasteiger partial charge in [0.2, 0.25) is 0 Å². The molecule has 0 aliphatic rings. The molecule has 0 N–H and O–H groups in total. The van der Waals surface area contributed by atoms with Gasteiger partial charge in [0.05, 0.1) is 16.7 Å². The number of aromatic nitrogens is 4. The lowest BCUT2D eigenvalue weighted by Gasteiger charge is -2.20. The van der Waals surface area contributed by atoms with E-state index in [0.29, 0.717) is 17.5 Å². The van der Waals surface area contributed by atoms with E-state index in [1.54, 1.807) is 0 Å².